The Morgan fingerprint density at radius 1 is 1.19 bits per heavy atom. The van der Waals surface area contributed by atoms with Gasteiger partial charge < -0.3 is 35.3 Å². The van der Waals surface area contributed by atoms with E-state index in [1.807, 2.05) is 0 Å². The zero-order chi connectivity index (χ0) is 30.7. The molecule has 3 rings (SSSR count). The van der Waals surface area contributed by atoms with Crippen molar-refractivity contribution in [3.05, 3.63) is 50.5 Å². The molecule has 1 saturated carbocycles. The minimum absolute atomic E-state index is 0.0318. The lowest BCUT2D eigenvalue weighted by Gasteiger charge is -2.20. The number of amides is 1. The molecular formula is C28H39Cl2N5O7. The van der Waals surface area contributed by atoms with Crippen molar-refractivity contribution in [2.24, 2.45) is 5.92 Å². The molecular weight excluding hydrogens is 589 g/mol. The van der Waals surface area contributed by atoms with Gasteiger partial charge in [-0.3, -0.25) is 14.2 Å². The van der Waals surface area contributed by atoms with E-state index in [2.05, 4.69) is 20.9 Å². The van der Waals surface area contributed by atoms with Crippen LogP contribution < -0.4 is 26.2 Å². The molecule has 1 aromatic carbocycles. The Balaban J connectivity index is 1.39. The van der Waals surface area contributed by atoms with Crippen LogP contribution in [-0.2, 0) is 27.4 Å². The number of benzene rings is 1. The largest absolute Gasteiger partial charge is 0.491 e. The summed E-state index contributed by atoms with van der Waals surface area (Å²) in [6.45, 7) is 7.28. The minimum atomic E-state index is -1.17. The topological polar surface area (TPSA) is 153 Å². The lowest BCUT2D eigenvalue weighted by molar-refractivity contribution is -0.137. The van der Waals surface area contributed by atoms with Crippen LogP contribution in [0.5, 0.6) is 5.75 Å². The molecule has 1 aliphatic carbocycles. The fraction of sp³-hybridized carbons (Fsp3) is 0.571. The number of carboxylic acids is 1. The van der Waals surface area contributed by atoms with Crippen LogP contribution in [0.15, 0.2) is 29.2 Å². The summed E-state index contributed by atoms with van der Waals surface area (Å²) in [7, 11) is 0. The van der Waals surface area contributed by atoms with Gasteiger partial charge in [0, 0.05) is 36.3 Å². The maximum Gasteiger partial charge on any atom is 0.407 e. The molecule has 0 unspecified atom stereocenters. The maximum absolute atomic E-state index is 12.7. The number of carboxylic acid groups (broad SMARTS) is 1. The third-order valence-corrected chi connectivity index (χ3v) is 6.64. The number of halogens is 2. The molecule has 14 heteroatoms. The molecule has 0 saturated heterocycles. The highest BCUT2D eigenvalue weighted by Gasteiger charge is 2.26. The van der Waals surface area contributed by atoms with Crippen molar-refractivity contribution >= 4 is 41.1 Å². The number of rotatable bonds is 17. The first-order valence-corrected chi connectivity index (χ1v) is 14.6. The van der Waals surface area contributed by atoms with Gasteiger partial charge in [-0.2, -0.15) is 0 Å². The van der Waals surface area contributed by atoms with E-state index in [1.165, 1.54) is 6.20 Å². The van der Waals surface area contributed by atoms with Gasteiger partial charge in [0.15, 0.2) is 5.82 Å². The van der Waals surface area contributed by atoms with Crippen LogP contribution in [0.1, 0.15) is 45.6 Å². The van der Waals surface area contributed by atoms with Crippen molar-refractivity contribution < 1.29 is 28.9 Å². The van der Waals surface area contributed by atoms with Crippen LogP contribution in [-0.4, -0.2) is 71.3 Å². The highest BCUT2D eigenvalue weighted by molar-refractivity contribution is 6.30. The van der Waals surface area contributed by atoms with E-state index in [-0.39, 0.29) is 23.6 Å². The quantitative estimate of drug-likeness (QED) is 0.190. The molecule has 12 nitrogen and oxygen atoms in total. The first-order chi connectivity index (χ1) is 19.9. The maximum atomic E-state index is 12.7. The molecule has 0 radical (unpaired) electrons. The minimum Gasteiger partial charge on any atom is -0.491 e. The standard InChI is InChI=1S/C28H39Cl2N5O7/c1-28(2,3)42-27(39)33-14-19-13-20(29)6-7-22(19)41-11-10-40-9-8-31-15-21(12-18-4-5-18)34-25-26(38)35(17-24(36)37)23(30)16-32-25/h6-7,13,16,18,21,31H,4-5,8-12,14-15,17H2,1-3H3,(H,32,34)(H,33,39)(H,36,37)/t21-/m0/s1. The van der Waals surface area contributed by atoms with Gasteiger partial charge in [-0.1, -0.05) is 36.0 Å². The molecule has 0 bridgehead atoms. The van der Waals surface area contributed by atoms with E-state index >= 15 is 0 Å². The van der Waals surface area contributed by atoms with Gasteiger partial charge in [-0.25, -0.2) is 9.78 Å². The van der Waals surface area contributed by atoms with Gasteiger partial charge in [-0.15, -0.1) is 0 Å². The Bertz CT molecular complexity index is 1260. The molecule has 42 heavy (non-hydrogen) atoms. The molecule has 1 aromatic heterocycles. The number of carbonyl (C=O) groups is 2. The molecule has 2 aromatic rings. The summed E-state index contributed by atoms with van der Waals surface area (Å²) < 4.78 is 17.8. The zero-order valence-corrected chi connectivity index (χ0v) is 25.6. The van der Waals surface area contributed by atoms with Crippen molar-refractivity contribution in [2.45, 2.75) is 64.8 Å². The zero-order valence-electron chi connectivity index (χ0n) is 24.1. The molecule has 1 fully saturated rings. The van der Waals surface area contributed by atoms with Crippen molar-refractivity contribution in [2.75, 3.05) is 38.2 Å². The predicted octanol–water partition coefficient (Wildman–Crippen LogP) is 3.93. The summed E-state index contributed by atoms with van der Waals surface area (Å²) in [5, 5.41) is 18.8. The summed E-state index contributed by atoms with van der Waals surface area (Å²) in [6.07, 6.45) is 3.89. The third-order valence-electron chi connectivity index (χ3n) is 6.10. The molecule has 1 heterocycles. The van der Waals surface area contributed by atoms with Gasteiger partial charge in [-0.05, 0) is 51.3 Å². The second kappa shape index (κ2) is 16.0. The lowest BCUT2D eigenvalue weighted by atomic mass is 10.1. The summed E-state index contributed by atoms with van der Waals surface area (Å²) >= 11 is 12.1. The summed E-state index contributed by atoms with van der Waals surface area (Å²) in [6, 6.07) is 5.12. The summed E-state index contributed by atoms with van der Waals surface area (Å²) in [5.74, 6) is 0.0821. The Kier molecular flexibility index (Phi) is 12.7. The first-order valence-electron chi connectivity index (χ1n) is 13.8. The predicted molar refractivity (Wildman–Crippen MR) is 160 cm³/mol. The Morgan fingerprint density at radius 2 is 1.95 bits per heavy atom. The van der Waals surface area contributed by atoms with Crippen LogP contribution in [0.3, 0.4) is 0 Å². The lowest BCUT2D eigenvalue weighted by Crippen LogP contribution is -2.38. The van der Waals surface area contributed by atoms with E-state index in [9.17, 15) is 14.4 Å². The fourth-order valence-corrected chi connectivity index (χ4v) is 4.41. The monoisotopic (exact) mass is 627 g/mol. The number of ether oxygens (including phenoxy) is 3. The highest BCUT2D eigenvalue weighted by atomic mass is 35.5. The third kappa shape index (κ3) is 12.0. The molecule has 1 atom stereocenters. The molecule has 0 aliphatic heterocycles. The van der Waals surface area contributed by atoms with Crippen molar-refractivity contribution in [1.29, 1.82) is 0 Å². The van der Waals surface area contributed by atoms with E-state index in [4.69, 9.17) is 42.5 Å². The average Bonchev–Trinajstić information content (AvgIpc) is 3.72. The molecule has 1 aliphatic rings. The second-order valence-electron chi connectivity index (χ2n) is 11.0. The fourth-order valence-electron chi connectivity index (χ4n) is 4.03. The number of carbonyl (C=O) groups excluding carboxylic acids is 1. The number of aliphatic carboxylic acids is 1. The van der Waals surface area contributed by atoms with Crippen LogP contribution in [0.2, 0.25) is 10.2 Å². The van der Waals surface area contributed by atoms with E-state index in [0.717, 1.165) is 23.8 Å². The number of nitrogens with one attached hydrogen (secondary N) is 3. The summed E-state index contributed by atoms with van der Waals surface area (Å²) in [4.78, 5) is 39.9. The van der Waals surface area contributed by atoms with Gasteiger partial charge in [0.05, 0.1) is 19.4 Å². The van der Waals surface area contributed by atoms with Crippen LogP contribution in [0.4, 0.5) is 10.6 Å². The van der Waals surface area contributed by atoms with E-state index < -0.39 is 29.8 Å². The van der Waals surface area contributed by atoms with Crippen LogP contribution in [0.25, 0.3) is 0 Å². The Labute approximate surface area is 255 Å². The SMILES string of the molecule is CC(C)(C)OC(=O)NCc1cc(Cl)ccc1OCCOCCNC[C@H](CC1CC1)Nc1ncc(Cl)n(CC(=O)O)c1=O. The average molecular weight is 629 g/mol. The number of hydrogen-bond acceptors (Lipinski definition) is 9. The van der Waals surface area contributed by atoms with Crippen LogP contribution >= 0.6 is 23.2 Å². The van der Waals surface area contributed by atoms with Gasteiger partial charge in [0.1, 0.15) is 29.7 Å². The molecule has 4 N–H and O–H groups in total. The molecule has 232 valence electrons. The number of aromatic nitrogens is 2. The van der Waals surface area contributed by atoms with E-state index in [0.29, 0.717) is 55.2 Å². The number of hydrogen-bond donors (Lipinski definition) is 4. The number of anilines is 1. The summed E-state index contributed by atoms with van der Waals surface area (Å²) in [5.41, 5.74) is -0.452. The molecule has 1 amide bonds. The Hall–Kier alpha value is -3.06. The highest BCUT2D eigenvalue weighted by Crippen LogP contribution is 2.34. The van der Waals surface area contributed by atoms with Crippen molar-refractivity contribution in [1.82, 2.24) is 20.2 Å². The molecule has 0 spiro atoms. The van der Waals surface area contributed by atoms with Crippen molar-refractivity contribution in [3.63, 3.8) is 0 Å². The van der Waals surface area contributed by atoms with Gasteiger partial charge >= 0.3 is 12.1 Å². The van der Waals surface area contributed by atoms with E-state index in [1.54, 1.807) is 39.0 Å². The Morgan fingerprint density at radius 3 is 2.64 bits per heavy atom. The normalized spacial score (nSPS) is 13.8. The van der Waals surface area contributed by atoms with Gasteiger partial charge in [0.25, 0.3) is 5.56 Å². The van der Waals surface area contributed by atoms with Crippen molar-refractivity contribution in [3.8, 4) is 5.75 Å². The number of alkyl carbamates (subject to hydrolysis) is 1. The first kappa shape index (κ1) is 33.4. The number of nitrogens with zero attached hydrogens (tertiary/aromatic N) is 2. The second-order valence-corrected chi connectivity index (χ2v) is 11.8. The smallest absolute Gasteiger partial charge is 0.407 e. The van der Waals surface area contributed by atoms with Gasteiger partial charge in [0.2, 0.25) is 0 Å². The van der Waals surface area contributed by atoms with Crippen LogP contribution in [0, 0.1) is 5.92 Å².